The number of hydrogen-bond donors (Lipinski definition) is 1. The van der Waals surface area contributed by atoms with Crippen LogP contribution in [0.5, 0.6) is 0 Å². The molecule has 1 heterocycles. The summed E-state index contributed by atoms with van der Waals surface area (Å²) in [5, 5.41) is 0.520. The van der Waals surface area contributed by atoms with Gasteiger partial charge in [0.25, 0.3) is 0 Å². The number of halogens is 2. The molecule has 2 nitrogen and oxygen atoms in total. The number of para-hydroxylation sites is 1. The van der Waals surface area contributed by atoms with Gasteiger partial charge in [-0.15, -0.1) is 0 Å². The lowest BCUT2D eigenvalue weighted by Gasteiger charge is -2.21. The molecule has 0 fully saturated rings. The average molecular weight is 273 g/mol. The Balaban J connectivity index is 2.19. The molecule has 2 N–H and O–H groups in total. The van der Waals surface area contributed by atoms with Crippen LogP contribution in [0.4, 0.5) is 8.78 Å². The van der Waals surface area contributed by atoms with Crippen LogP contribution in [0.15, 0.2) is 59.0 Å². The van der Waals surface area contributed by atoms with E-state index in [0.717, 1.165) is 0 Å². The summed E-state index contributed by atoms with van der Waals surface area (Å²) in [5.74, 6) is -0.493. The lowest BCUT2D eigenvalue weighted by Crippen LogP contribution is -2.31. The zero-order valence-electron chi connectivity index (χ0n) is 10.6. The molecule has 0 aliphatic heterocycles. The minimum atomic E-state index is -1.97. The fourth-order valence-corrected chi connectivity index (χ4v) is 2.29. The minimum Gasteiger partial charge on any atom is -0.454 e. The molecular formula is C16H13F2NO. The number of nitrogens with two attached hydrogens (primary N) is 1. The van der Waals surface area contributed by atoms with Crippen molar-refractivity contribution in [1.29, 1.82) is 0 Å². The molecule has 0 aliphatic carbocycles. The first-order valence-electron chi connectivity index (χ1n) is 6.28. The van der Waals surface area contributed by atoms with E-state index in [1.807, 2.05) is 0 Å². The van der Waals surface area contributed by atoms with Crippen molar-refractivity contribution >= 4 is 11.0 Å². The summed E-state index contributed by atoms with van der Waals surface area (Å²) in [6.07, 6.45) is 0. The standard InChI is InChI=1S/C16H13F2NO/c17-13-8-4-5-11-9-14(20-15(11)13)16(18,10-19)12-6-2-1-3-7-12/h1-9H,10,19H2. The van der Waals surface area contributed by atoms with Gasteiger partial charge in [-0.05, 0) is 17.7 Å². The third-order valence-electron chi connectivity index (χ3n) is 3.40. The zero-order chi connectivity index (χ0) is 14.2. The summed E-state index contributed by atoms with van der Waals surface area (Å²) in [7, 11) is 0. The van der Waals surface area contributed by atoms with Crippen LogP contribution in [-0.4, -0.2) is 6.54 Å². The van der Waals surface area contributed by atoms with E-state index in [1.54, 1.807) is 42.5 Å². The van der Waals surface area contributed by atoms with Gasteiger partial charge >= 0.3 is 0 Å². The Morgan fingerprint density at radius 1 is 1.05 bits per heavy atom. The largest absolute Gasteiger partial charge is 0.454 e. The third-order valence-corrected chi connectivity index (χ3v) is 3.40. The Labute approximate surface area is 114 Å². The van der Waals surface area contributed by atoms with Gasteiger partial charge in [0.15, 0.2) is 11.4 Å². The highest BCUT2D eigenvalue weighted by Crippen LogP contribution is 2.36. The zero-order valence-corrected chi connectivity index (χ0v) is 10.6. The molecule has 1 unspecified atom stereocenters. The van der Waals surface area contributed by atoms with Crippen molar-refractivity contribution in [3.8, 4) is 0 Å². The Kier molecular flexibility index (Phi) is 3.03. The van der Waals surface area contributed by atoms with Crippen molar-refractivity contribution in [2.45, 2.75) is 5.67 Å². The molecule has 0 spiro atoms. The monoisotopic (exact) mass is 273 g/mol. The second kappa shape index (κ2) is 4.72. The van der Waals surface area contributed by atoms with E-state index in [2.05, 4.69) is 0 Å². The van der Waals surface area contributed by atoms with Gasteiger partial charge in [-0.2, -0.15) is 0 Å². The maximum Gasteiger partial charge on any atom is 0.205 e. The minimum absolute atomic E-state index is 0.0197. The van der Waals surface area contributed by atoms with Crippen molar-refractivity contribution in [1.82, 2.24) is 0 Å². The predicted octanol–water partition coefficient (Wildman–Crippen LogP) is 3.74. The highest BCUT2D eigenvalue weighted by atomic mass is 19.1. The lowest BCUT2D eigenvalue weighted by atomic mass is 9.93. The number of hydrogen-bond acceptors (Lipinski definition) is 2. The number of alkyl halides is 1. The molecule has 0 saturated heterocycles. The van der Waals surface area contributed by atoms with Crippen LogP contribution < -0.4 is 5.73 Å². The summed E-state index contributed by atoms with van der Waals surface area (Å²) in [5.41, 5.74) is 4.08. The number of furan rings is 1. The van der Waals surface area contributed by atoms with Gasteiger partial charge in [0.2, 0.25) is 5.67 Å². The maximum absolute atomic E-state index is 15.2. The molecule has 102 valence electrons. The number of rotatable bonds is 3. The van der Waals surface area contributed by atoms with Gasteiger partial charge in [0.1, 0.15) is 5.76 Å². The number of benzene rings is 2. The summed E-state index contributed by atoms with van der Waals surface area (Å²) >= 11 is 0. The highest BCUT2D eigenvalue weighted by Gasteiger charge is 2.36. The van der Waals surface area contributed by atoms with Gasteiger partial charge in [-0.25, -0.2) is 8.78 Å². The van der Waals surface area contributed by atoms with Gasteiger partial charge < -0.3 is 10.2 Å². The first-order valence-corrected chi connectivity index (χ1v) is 6.28. The first kappa shape index (κ1) is 12.8. The van der Waals surface area contributed by atoms with Crippen LogP contribution >= 0.6 is 0 Å². The number of fused-ring (bicyclic) bond motifs is 1. The Hall–Kier alpha value is -2.20. The van der Waals surface area contributed by atoms with Crippen molar-refractivity contribution in [3.05, 3.63) is 71.7 Å². The van der Waals surface area contributed by atoms with Gasteiger partial charge in [0, 0.05) is 11.9 Å². The van der Waals surface area contributed by atoms with E-state index in [0.29, 0.717) is 10.9 Å². The van der Waals surface area contributed by atoms with E-state index in [4.69, 9.17) is 10.2 Å². The topological polar surface area (TPSA) is 39.2 Å². The third kappa shape index (κ3) is 1.89. The summed E-state index contributed by atoms with van der Waals surface area (Å²) in [4.78, 5) is 0. The van der Waals surface area contributed by atoms with Gasteiger partial charge in [-0.1, -0.05) is 42.5 Å². The van der Waals surface area contributed by atoms with Crippen LogP contribution in [0.1, 0.15) is 11.3 Å². The molecule has 2 aromatic carbocycles. The summed E-state index contributed by atoms with van der Waals surface area (Å²) in [6, 6.07) is 14.5. The molecule has 0 radical (unpaired) electrons. The molecule has 20 heavy (non-hydrogen) atoms. The molecular weight excluding hydrogens is 260 g/mol. The molecule has 0 bridgehead atoms. The van der Waals surface area contributed by atoms with E-state index in [9.17, 15) is 4.39 Å². The van der Waals surface area contributed by atoms with Crippen molar-refractivity contribution < 1.29 is 13.2 Å². The van der Waals surface area contributed by atoms with E-state index >= 15 is 4.39 Å². The smallest absolute Gasteiger partial charge is 0.205 e. The molecule has 1 aromatic heterocycles. The normalized spacial score (nSPS) is 14.3. The second-order valence-corrected chi connectivity index (χ2v) is 4.64. The van der Waals surface area contributed by atoms with Crippen molar-refractivity contribution in [2.75, 3.05) is 6.54 Å². The van der Waals surface area contributed by atoms with Gasteiger partial charge in [0.05, 0.1) is 0 Å². The van der Waals surface area contributed by atoms with Gasteiger partial charge in [-0.3, -0.25) is 0 Å². The SMILES string of the molecule is NCC(F)(c1ccccc1)c1cc2cccc(F)c2o1. The molecule has 3 rings (SSSR count). The summed E-state index contributed by atoms with van der Waals surface area (Å²) in [6.45, 7) is -0.279. The molecule has 0 amide bonds. The van der Waals surface area contributed by atoms with E-state index in [-0.39, 0.29) is 17.9 Å². The van der Waals surface area contributed by atoms with Crippen molar-refractivity contribution in [3.63, 3.8) is 0 Å². The first-order chi connectivity index (χ1) is 9.65. The molecule has 1 atom stereocenters. The predicted molar refractivity (Wildman–Crippen MR) is 73.6 cm³/mol. The van der Waals surface area contributed by atoms with E-state index < -0.39 is 11.5 Å². The fourth-order valence-electron chi connectivity index (χ4n) is 2.29. The van der Waals surface area contributed by atoms with Crippen LogP contribution in [0.2, 0.25) is 0 Å². The van der Waals surface area contributed by atoms with Crippen LogP contribution in [0.3, 0.4) is 0 Å². The molecule has 0 aliphatic rings. The Bertz CT molecular complexity index is 739. The fraction of sp³-hybridized carbons (Fsp3) is 0.125. The lowest BCUT2D eigenvalue weighted by molar-refractivity contribution is 0.193. The average Bonchev–Trinajstić information content (AvgIpc) is 2.93. The quantitative estimate of drug-likeness (QED) is 0.789. The van der Waals surface area contributed by atoms with E-state index in [1.165, 1.54) is 12.1 Å². The highest BCUT2D eigenvalue weighted by molar-refractivity contribution is 5.78. The molecule has 0 saturated carbocycles. The molecule has 3 aromatic rings. The Morgan fingerprint density at radius 3 is 2.45 bits per heavy atom. The molecule has 4 heteroatoms. The second-order valence-electron chi connectivity index (χ2n) is 4.64. The van der Waals surface area contributed by atoms with Crippen molar-refractivity contribution in [2.24, 2.45) is 5.73 Å². The Morgan fingerprint density at radius 2 is 1.80 bits per heavy atom. The summed E-state index contributed by atoms with van der Waals surface area (Å²) < 4.78 is 34.2. The van der Waals surface area contributed by atoms with Crippen LogP contribution in [-0.2, 0) is 5.67 Å². The van der Waals surface area contributed by atoms with Crippen LogP contribution in [0, 0.1) is 5.82 Å². The maximum atomic E-state index is 15.2. The van der Waals surface area contributed by atoms with Crippen LogP contribution in [0.25, 0.3) is 11.0 Å².